The lowest BCUT2D eigenvalue weighted by atomic mass is 10.0. The number of likely N-dealkylation sites (N-methyl/N-ethyl adjacent to an activating group) is 1. The highest BCUT2D eigenvalue weighted by Crippen LogP contribution is 2.25. The molecule has 3 nitrogen and oxygen atoms in total. The molecule has 0 bridgehead atoms. The molecule has 0 saturated carbocycles. The summed E-state index contributed by atoms with van der Waals surface area (Å²) in [5.74, 6) is 0. The summed E-state index contributed by atoms with van der Waals surface area (Å²) < 4.78 is 0. The van der Waals surface area contributed by atoms with Crippen molar-refractivity contribution in [2.45, 2.75) is 32.9 Å². The summed E-state index contributed by atoms with van der Waals surface area (Å²) in [6.45, 7) is 9.45. The lowest BCUT2D eigenvalue weighted by Gasteiger charge is -2.45. The number of anilines is 1. The summed E-state index contributed by atoms with van der Waals surface area (Å²) in [6, 6.07) is 7.71. The fraction of sp³-hybridized carbons (Fsp3) is 0.600. The quantitative estimate of drug-likeness (QED) is 0.864. The Hall–Kier alpha value is -1.06. The van der Waals surface area contributed by atoms with E-state index in [1.807, 2.05) is 0 Å². The number of piperazine rings is 1. The highest BCUT2D eigenvalue weighted by Gasteiger charge is 2.29. The third-order valence-electron chi connectivity index (χ3n) is 4.15. The second-order valence-corrected chi connectivity index (χ2v) is 5.60. The van der Waals surface area contributed by atoms with Gasteiger partial charge in [-0.1, -0.05) is 17.7 Å². The number of hydrogen-bond acceptors (Lipinski definition) is 3. The van der Waals surface area contributed by atoms with Gasteiger partial charge in [-0.25, -0.2) is 0 Å². The van der Waals surface area contributed by atoms with Crippen molar-refractivity contribution in [3.63, 3.8) is 0 Å². The molecule has 1 aromatic rings. The maximum atomic E-state index is 5.89. The van der Waals surface area contributed by atoms with Gasteiger partial charge >= 0.3 is 0 Å². The van der Waals surface area contributed by atoms with Crippen LogP contribution < -0.4 is 10.6 Å². The molecule has 0 radical (unpaired) electrons. The van der Waals surface area contributed by atoms with Crippen LogP contribution in [0.15, 0.2) is 18.2 Å². The summed E-state index contributed by atoms with van der Waals surface area (Å²) in [5.41, 5.74) is 9.94. The van der Waals surface area contributed by atoms with Gasteiger partial charge in [0.25, 0.3) is 0 Å². The third-order valence-corrected chi connectivity index (χ3v) is 4.15. The fourth-order valence-corrected chi connectivity index (χ4v) is 2.86. The van der Waals surface area contributed by atoms with Gasteiger partial charge in [0.15, 0.2) is 0 Å². The van der Waals surface area contributed by atoms with Crippen molar-refractivity contribution in [1.82, 2.24) is 4.90 Å². The van der Waals surface area contributed by atoms with Crippen LogP contribution in [-0.2, 0) is 0 Å². The molecule has 0 spiro atoms. The van der Waals surface area contributed by atoms with E-state index >= 15 is 0 Å². The fourth-order valence-electron chi connectivity index (χ4n) is 2.86. The zero-order chi connectivity index (χ0) is 13.3. The van der Waals surface area contributed by atoms with Crippen molar-refractivity contribution in [2.75, 3.05) is 31.6 Å². The topological polar surface area (TPSA) is 32.5 Å². The first-order valence-electron chi connectivity index (χ1n) is 6.77. The molecule has 0 aromatic heterocycles. The van der Waals surface area contributed by atoms with Gasteiger partial charge in [-0.05, 0) is 39.4 Å². The van der Waals surface area contributed by atoms with Crippen molar-refractivity contribution >= 4 is 5.69 Å². The van der Waals surface area contributed by atoms with Gasteiger partial charge < -0.3 is 10.6 Å². The standard InChI is InChI=1S/C15H25N3/c1-11-5-6-15(12(2)7-11)18-9-13(3)17(4)14(8-16)10-18/h5-7,13-14H,8-10,16H2,1-4H3. The highest BCUT2D eigenvalue weighted by molar-refractivity contribution is 5.55. The predicted octanol–water partition coefficient (Wildman–Crippen LogP) is 1.77. The van der Waals surface area contributed by atoms with Crippen molar-refractivity contribution in [2.24, 2.45) is 5.73 Å². The first-order valence-corrected chi connectivity index (χ1v) is 6.77. The van der Waals surface area contributed by atoms with Gasteiger partial charge in [0.1, 0.15) is 0 Å². The van der Waals surface area contributed by atoms with Crippen LogP contribution >= 0.6 is 0 Å². The van der Waals surface area contributed by atoms with E-state index in [0.29, 0.717) is 12.1 Å². The molecule has 2 rings (SSSR count). The normalized spacial score (nSPS) is 25.5. The Morgan fingerprint density at radius 2 is 2.00 bits per heavy atom. The third kappa shape index (κ3) is 2.52. The second kappa shape index (κ2) is 5.29. The number of nitrogens with zero attached hydrogens (tertiary/aromatic N) is 2. The Labute approximate surface area is 111 Å². The van der Waals surface area contributed by atoms with E-state index in [2.05, 4.69) is 55.8 Å². The minimum Gasteiger partial charge on any atom is -0.368 e. The van der Waals surface area contributed by atoms with Crippen molar-refractivity contribution in [3.05, 3.63) is 29.3 Å². The van der Waals surface area contributed by atoms with E-state index < -0.39 is 0 Å². The van der Waals surface area contributed by atoms with E-state index in [1.165, 1.54) is 16.8 Å². The Balaban J connectivity index is 2.23. The molecule has 1 aromatic carbocycles. The molecule has 1 fully saturated rings. The van der Waals surface area contributed by atoms with Crippen LogP contribution in [-0.4, -0.2) is 43.7 Å². The predicted molar refractivity (Wildman–Crippen MR) is 78.2 cm³/mol. The van der Waals surface area contributed by atoms with E-state index in [9.17, 15) is 0 Å². The Morgan fingerprint density at radius 1 is 1.28 bits per heavy atom. The van der Waals surface area contributed by atoms with E-state index in [1.54, 1.807) is 0 Å². The molecule has 0 amide bonds. The van der Waals surface area contributed by atoms with Crippen molar-refractivity contribution < 1.29 is 0 Å². The van der Waals surface area contributed by atoms with E-state index in [0.717, 1.165) is 19.6 Å². The van der Waals surface area contributed by atoms with E-state index in [4.69, 9.17) is 5.73 Å². The number of hydrogen-bond donors (Lipinski definition) is 1. The maximum absolute atomic E-state index is 5.89. The van der Waals surface area contributed by atoms with Crippen LogP contribution in [0, 0.1) is 13.8 Å². The maximum Gasteiger partial charge on any atom is 0.0397 e. The Bertz CT molecular complexity index is 416. The van der Waals surface area contributed by atoms with Gasteiger partial charge in [0.05, 0.1) is 0 Å². The van der Waals surface area contributed by atoms with Gasteiger partial charge in [-0.2, -0.15) is 0 Å². The Morgan fingerprint density at radius 3 is 2.61 bits per heavy atom. The van der Waals surface area contributed by atoms with Crippen LogP contribution in [0.1, 0.15) is 18.1 Å². The van der Waals surface area contributed by atoms with E-state index in [-0.39, 0.29) is 0 Å². The number of nitrogens with two attached hydrogens (primary N) is 1. The monoisotopic (exact) mass is 247 g/mol. The molecule has 2 N–H and O–H groups in total. The molecular formula is C15H25N3. The molecule has 0 aliphatic carbocycles. The SMILES string of the molecule is Cc1ccc(N2CC(C)N(C)C(CN)C2)c(C)c1. The summed E-state index contributed by atoms with van der Waals surface area (Å²) in [7, 11) is 2.18. The number of rotatable bonds is 2. The van der Waals surface area contributed by atoms with Crippen LogP contribution in [0.4, 0.5) is 5.69 Å². The van der Waals surface area contributed by atoms with Gasteiger partial charge in [-0.3, -0.25) is 4.90 Å². The minimum absolute atomic E-state index is 0.453. The van der Waals surface area contributed by atoms with Gasteiger partial charge in [-0.15, -0.1) is 0 Å². The zero-order valence-corrected chi connectivity index (χ0v) is 12.0. The second-order valence-electron chi connectivity index (χ2n) is 5.60. The lowest BCUT2D eigenvalue weighted by Crippen LogP contribution is -2.58. The minimum atomic E-state index is 0.453. The Kier molecular flexibility index (Phi) is 3.93. The zero-order valence-electron chi connectivity index (χ0n) is 12.0. The average molecular weight is 247 g/mol. The van der Waals surface area contributed by atoms with Crippen LogP contribution in [0.25, 0.3) is 0 Å². The average Bonchev–Trinajstić information content (AvgIpc) is 2.32. The molecule has 1 heterocycles. The van der Waals surface area contributed by atoms with Crippen LogP contribution in [0.3, 0.4) is 0 Å². The summed E-state index contributed by atoms with van der Waals surface area (Å²) >= 11 is 0. The summed E-state index contributed by atoms with van der Waals surface area (Å²) in [5, 5.41) is 0. The molecule has 1 aliphatic heterocycles. The molecule has 18 heavy (non-hydrogen) atoms. The molecule has 1 aliphatic rings. The molecule has 1 saturated heterocycles. The molecule has 100 valence electrons. The molecular weight excluding hydrogens is 222 g/mol. The first-order chi connectivity index (χ1) is 8.52. The molecule has 2 atom stereocenters. The lowest BCUT2D eigenvalue weighted by molar-refractivity contribution is 0.162. The van der Waals surface area contributed by atoms with Crippen LogP contribution in [0.5, 0.6) is 0 Å². The molecule has 3 heteroatoms. The van der Waals surface area contributed by atoms with Crippen molar-refractivity contribution in [3.8, 4) is 0 Å². The number of benzene rings is 1. The first kappa shape index (κ1) is 13.4. The van der Waals surface area contributed by atoms with Gasteiger partial charge in [0.2, 0.25) is 0 Å². The summed E-state index contributed by atoms with van der Waals surface area (Å²) in [4.78, 5) is 4.89. The summed E-state index contributed by atoms with van der Waals surface area (Å²) in [6.07, 6.45) is 0. The number of aryl methyl sites for hydroxylation is 2. The van der Waals surface area contributed by atoms with Crippen molar-refractivity contribution in [1.29, 1.82) is 0 Å². The molecule has 2 unspecified atom stereocenters. The van der Waals surface area contributed by atoms with Gasteiger partial charge in [0, 0.05) is 37.4 Å². The largest absolute Gasteiger partial charge is 0.368 e. The van der Waals surface area contributed by atoms with Crippen LogP contribution in [0.2, 0.25) is 0 Å². The highest BCUT2D eigenvalue weighted by atomic mass is 15.3. The smallest absolute Gasteiger partial charge is 0.0397 e.